The van der Waals surface area contributed by atoms with Crippen molar-refractivity contribution in [3.05, 3.63) is 35.6 Å². The van der Waals surface area contributed by atoms with Gasteiger partial charge in [-0.3, -0.25) is 4.79 Å². The lowest BCUT2D eigenvalue weighted by Crippen LogP contribution is -2.37. The molecule has 1 aliphatic rings. The van der Waals surface area contributed by atoms with E-state index in [0.717, 1.165) is 32.1 Å². The molecule has 4 heteroatoms. The first-order chi connectivity index (χ1) is 9.19. The second kappa shape index (κ2) is 6.66. The summed E-state index contributed by atoms with van der Waals surface area (Å²) < 4.78 is 12.8. The molecule has 1 aromatic rings. The molecule has 0 unspecified atom stereocenters. The number of nitrogens with one attached hydrogen (secondary N) is 1. The van der Waals surface area contributed by atoms with E-state index < -0.39 is 0 Å². The molecule has 1 aliphatic carbocycles. The van der Waals surface area contributed by atoms with Crippen molar-refractivity contribution in [3.8, 4) is 0 Å². The van der Waals surface area contributed by atoms with Gasteiger partial charge in [-0.2, -0.15) is 0 Å². The van der Waals surface area contributed by atoms with Gasteiger partial charge >= 0.3 is 0 Å². The molecular formula is C15H20FNO2. The standard InChI is InChI=1S/C15H20FNO2/c16-13-5-3-12(4-6-13)15(19)17-14-7-1-11(2-8-14)9-10-18/h3-6,11,14,18H,1-2,7-10H2,(H,17,19). The fourth-order valence-electron chi connectivity index (χ4n) is 2.65. The van der Waals surface area contributed by atoms with Crippen molar-refractivity contribution in [2.75, 3.05) is 6.61 Å². The van der Waals surface area contributed by atoms with E-state index in [2.05, 4.69) is 5.32 Å². The molecule has 0 spiro atoms. The van der Waals surface area contributed by atoms with Gasteiger partial charge < -0.3 is 10.4 Å². The summed E-state index contributed by atoms with van der Waals surface area (Å²) in [5, 5.41) is 11.9. The summed E-state index contributed by atoms with van der Waals surface area (Å²) in [5.41, 5.74) is 0.499. The minimum atomic E-state index is -0.332. The van der Waals surface area contributed by atoms with Crippen LogP contribution in [0.25, 0.3) is 0 Å². The summed E-state index contributed by atoms with van der Waals surface area (Å²) in [6.07, 6.45) is 4.87. The second-order valence-electron chi connectivity index (χ2n) is 5.21. The number of aliphatic hydroxyl groups excluding tert-OH is 1. The predicted molar refractivity (Wildman–Crippen MR) is 71.3 cm³/mol. The topological polar surface area (TPSA) is 49.3 Å². The van der Waals surface area contributed by atoms with E-state index in [1.54, 1.807) is 0 Å². The number of carbonyl (C=O) groups excluding carboxylic acids is 1. The zero-order chi connectivity index (χ0) is 13.7. The normalized spacial score (nSPS) is 23.1. The molecule has 3 nitrogen and oxygen atoms in total. The van der Waals surface area contributed by atoms with Crippen molar-refractivity contribution in [2.45, 2.75) is 38.1 Å². The zero-order valence-corrected chi connectivity index (χ0v) is 10.9. The molecule has 0 aliphatic heterocycles. The summed E-state index contributed by atoms with van der Waals surface area (Å²) in [6.45, 7) is 0.247. The summed E-state index contributed by atoms with van der Waals surface area (Å²) in [6, 6.07) is 5.80. The van der Waals surface area contributed by atoms with Crippen LogP contribution in [0.4, 0.5) is 4.39 Å². The van der Waals surface area contributed by atoms with Crippen LogP contribution in [0.1, 0.15) is 42.5 Å². The number of halogens is 1. The molecule has 1 amide bonds. The molecule has 0 heterocycles. The minimum Gasteiger partial charge on any atom is -0.396 e. The van der Waals surface area contributed by atoms with Crippen LogP contribution in [0.5, 0.6) is 0 Å². The highest BCUT2D eigenvalue weighted by Gasteiger charge is 2.22. The Morgan fingerprint density at radius 1 is 1.21 bits per heavy atom. The Bertz CT molecular complexity index is 411. The van der Waals surface area contributed by atoms with Crippen molar-refractivity contribution in [1.29, 1.82) is 0 Å². The fourth-order valence-corrected chi connectivity index (χ4v) is 2.65. The van der Waals surface area contributed by atoms with Gasteiger partial charge in [0.15, 0.2) is 0 Å². The highest BCUT2D eigenvalue weighted by Crippen LogP contribution is 2.26. The lowest BCUT2D eigenvalue weighted by Gasteiger charge is -2.28. The van der Waals surface area contributed by atoms with E-state index in [1.165, 1.54) is 24.3 Å². The van der Waals surface area contributed by atoms with Gasteiger partial charge in [0, 0.05) is 18.2 Å². The van der Waals surface area contributed by atoms with Gasteiger partial charge in [-0.1, -0.05) is 0 Å². The fraction of sp³-hybridized carbons (Fsp3) is 0.533. The van der Waals surface area contributed by atoms with E-state index in [1.807, 2.05) is 0 Å². The Morgan fingerprint density at radius 2 is 1.84 bits per heavy atom. The first-order valence-corrected chi connectivity index (χ1v) is 6.86. The third-order valence-corrected chi connectivity index (χ3v) is 3.83. The van der Waals surface area contributed by atoms with Gasteiger partial charge in [-0.15, -0.1) is 0 Å². The maximum Gasteiger partial charge on any atom is 0.251 e. The monoisotopic (exact) mass is 265 g/mol. The van der Waals surface area contributed by atoms with Crippen LogP contribution in [-0.4, -0.2) is 23.7 Å². The first kappa shape index (κ1) is 14.0. The molecule has 0 atom stereocenters. The van der Waals surface area contributed by atoms with Gasteiger partial charge in [-0.25, -0.2) is 4.39 Å². The Hall–Kier alpha value is -1.42. The Kier molecular flexibility index (Phi) is 4.91. The SMILES string of the molecule is O=C(NC1CCC(CCO)CC1)c1ccc(F)cc1. The lowest BCUT2D eigenvalue weighted by atomic mass is 9.84. The number of benzene rings is 1. The molecule has 0 radical (unpaired) electrons. The van der Waals surface area contributed by atoms with Gasteiger partial charge in [0.25, 0.3) is 5.91 Å². The van der Waals surface area contributed by atoms with Crippen LogP contribution in [0.2, 0.25) is 0 Å². The predicted octanol–water partition coefficient (Wildman–Crippen LogP) is 2.50. The van der Waals surface area contributed by atoms with E-state index in [9.17, 15) is 9.18 Å². The van der Waals surface area contributed by atoms with Crippen molar-refractivity contribution in [3.63, 3.8) is 0 Å². The number of rotatable bonds is 4. The van der Waals surface area contributed by atoms with E-state index in [0.29, 0.717) is 11.5 Å². The third kappa shape index (κ3) is 4.03. The maximum atomic E-state index is 12.8. The highest BCUT2D eigenvalue weighted by atomic mass is 19.1. The van der Waals surface area contributed by atoms with Crippen molar-refractivity contribution < 1.29 is 14.3 Å². The molecule has 1 fully saturated rings. The van der Waals surface area contributed by atoms with Crippen LogP contribution in [-0.2, 0) is 0 Å². The smallest absolute Gasteiger partial charge is 0.251 e. The molecule has 0 saturated heterocycles. The van der Waals surface area contributed by atoms with Crippen LogP contribution < -0.4 is 5.32 Å². The van der Waals surface area contributed by atoms with Crippen molar-refractivity contribution >= 4 is 5.91 Å². The summed E-state index contributed by atoms with van der Waals surface area (Å²) in [4.78, 5) is 12.0. The van der Waals surface area contributed by atoms with Gasteiger partial charge in [0.1, 0.15) is 5.82 Å². The molecule has 2 rings (SSSR count). The Morgan fingerprint density at radius 3 is 2.42 bits per heavy atom. The molecule has 1 aromatic carbocycles. The summed E-state index contributed by atoms with van der Waals surface area (Å²) in [7, 11) is 0. The lowest BCUT2D eigenvalue weighted by molar-refractivity contribution is 0.0918. The highest BCUT2D eigenvalue weighted by molar-refractivity contribution is 5.94. The molecule has 2 N–H and O–H groups in total. The van der Waals surface area contributed by atoms with E-state index >= 15 is 0 Å². The summed E-state index contributed by atoms with van der Waals surface area (Å²) in [5.74, 6) is 0.121. The average Bonchev–Trinajstić information content (AvgIpc) is 2.42. The molecule has 0 bridgehead atoms. The number of hydrogen-bond donors (Lipinski definition) is 2. The molecule has 0 aromatic heterocycles. The maximum absolute atomic E-state index is 12.8. The van der Waals surface area contributed by atoms with Gasteiger partial charge in [-0.05, 0) is 62.3 Å². The number of carbonyl (C=O) groups is 1. The van der Waals surface area contributed by atoms with Crippen LogP contribution in [0.15, 0.2) is 24.3 Å². The third-order valence-electron chi connectivity index (χ3n) is 3.83. The van der Waals surface area contributed by atoms with Crippen LogP contribution in [0, 0.1) is 11.7 Å². The number of amides is 1. The molecular weight excluding hydrogens is 245 g/mol. The molecule has 1 saturated carbocycles. The summed E-state index contributed by atoms with van der Waals surface area (Å²) >= 11 is 0. The first-order valence-electron chi connectivity index (χ1n) is 6.86. The van der Waals surface area contributed by atoms with Gasteiger partial charge in [0.2, 0.25) is 0 Å². The minimum absolute atomic E-state index is 0.134. The Labute approximate surface area is 112 Å². The van der Waals surface area contributed by atoms with Crippen molar-refractivity contribution in [2.24, 2.45) is 5.92 Å². The van der Waals surface area contributed by atoms with Crippen LogP contribution >= 0.6 is 0 Å². The second-order valence-corrected chi connectivity index (χ2v) is 5.21. The Balaban J connectivity index is 1.82. The number of hydrogen-bond acceptors (Lipinski definition) is 2. The van der Waals surface area contributed by atoms with E-state index in [-0.39, 0.29) is 24.4 Å². The van der Waals surface area contributed by atoms with Gasteiger partial charge in [0.05, 0.1) is 0 Å². The van der Waals surface area contributed by atoms with Crippen molar-refractivity contribution in [1.82, 2.24) is 5.32 Å². The van der Waals surface area contributed by atoms with E-state index in [4.69, 9.17) is 5.11 Å². The molecule has 104 valence electrons. The largest absolute Gasteiger partial charge is 0.396 e. The average molecular weight is 265 g/mol. The zero-order valence-electron chi connectivity index (χ0n) is 10.9. The number of aliphatic hydroxyl groups is 1. The molecule has 19 heavy (non-hydrogen) atoms. The quantitative estimate of drug-likeness (QED) is 0.878. The van der Waals surface area contributed by atoms with Crippen LogP contribution in [0.3, 0.4) is 0 Å².